The van der Waals surface area contributed by atoms with E-state index < -0.39 is 22.5 Å². The molecule has 2 aromatic heterocycles. The molecule has 0 aromatic carbocycles. The number of carbonyl (C=O) groups excluding carboxylic acids is 2. The third kappa shape index (κ3) is 3.45. The van der Waals surface area contributed by atoms with Gasteiger partial charge >= 0.3 is 11.7 Å². The smallest absolute Gasteiger partial charge is 0.341 e. The zero-order chi connectivity index (χ0) is 18.8. The predicted octanol–water partition coefficient (Wildman–Crippen LogP) is 3.08. The van der Waals surface area contributed by atoms with Crippen LogP contribution in [0.1, 0.15) is 58.0 Å². The van der Waals surface area contributed by atoms with Crippen LogP contribution in [0.5, 0.6) is 0 Å². The first-order valence-electron chi connectivity index (χ1n) is 8.23. The topological polar surface area (TPSA) is 127 Å². The first kappa shape index (κ1) is 18.1. The van der Waals surface area contributed by atoms with Gasteiger partial charge in [-0.15, -0.1) is 11.3 Å². The Morgan fingerprint density at radius 2 is 2.12 bits per heavy atom. The standard InChI is InChI=1S/C16H18N4O5S/c1-8(2)25-16(22)12-9-5-3-4-6-11(9)26-15(12)18-14(21)13-10(20(23)24)7-17-19-13/h7-8H,3-6H2,1-2H3,(H,17,19)(H,18,21). The van der Waals surface area contributed by atoms with Gasteiger partial charge in [0.25, 0.3) is 5.91 Å². The molecule has 9 nitrogen and oxygen atoms in total. The Bertz CT molecular complexity index is 870. The number of ether oxygens (including phenoxy) is 1. The summed E-state index contributed by atoms with van der Waals surface area (Å²) < 4.78 is 5.32. The molecule has 1 aliphatic rings. The van der Waals surface area contributed by atoms with Crippen LogP contribution in [-0.2, 0) is 17.6 Å². The van der Waals surface area contributed by atoms with Gasteiger partial charge < -0.3 is 10.1 Å². The lowest BCUT2D eigenvalue weighted by Gasteiger charge is -2.14. The molecule has 0 bridgehead atoms. The predicted molar refractivity (Wildman–Crippen MR) is 94.7 cm³/mol. The number of fused-ring (bicyclic) bond motifs is 1. The monoisotopic (exact) mass is 378 g/mol. The Labute approximate surface area is 152 Å². The molecule has 0 aliphatic heterocycles. The first-order chi connectivity index (χ1) is 12.4. The van der Waals surface area contributed by atoms with Crippen LogP contribution in [0.25, 0.3) is 0 Å². The molecular weight excluding hydrogens is 360 g/mol. The zero-order valence-electron chi connectivity index (χ0n) is 14.3. The maximum Gasteiger partial charge on any atom is 0.341 e. The van der Waals surface area contributed by atoms with E-state index in [4.69, 9.17) is 4.74 Å². The molecule has 0 saturated heterocycles. The van der Waals surface area contributed by atoms with E-state index in [9.17, 15) is 19.7 Å². The molecule has 1 aliphatic carbocycles. The van der Waals surface area contributed by atoms with Crippen LogP contribution in [0.15, 0.2) is 6.20 Å². The van der Waals surface area contributed by atoms with E-state index in [1.165, 1.54) is 11.3 Å². The third-order valence-corrected chi connectivity index (χ3v) is 5.20. The first-order valence-corrected chi connectivity index (χ1v) is 9.04. The van der Waals surface area contributed by atoms with Gasteiger partial charge in [0.1, 0.15) is 11.2 Å². The number of rotatable bonds is 5. The van der Waals surface area contributed by atoms with Crippen LogP contribution in [-0.4, -0.2) is 33.1 Å². The van der Waals surface area contributed by atoms with Gasteiger partial charge in [-0.25, -0.2) is 4.79 Å². The van der Waals surface area contributed by atoms with Gasteiger partial charge in [-0.1, -0.05) is 0 Å². The number of nitro groups is 1. The number of aromatic nitrogens is 2. The third-order valence-electron chi connectivity index (χ3n) is 3.99. The molecule has 0 radical (unpaired) electrons. The summed E-state index contributed by atoms with van der Waals surface area (Å²) in [6.07, 6.45) is 4.24. The molecular formula is C16H18N4O5S. The van der Waals surface area contributed by atoms with Crippen molar-refractivity contribution in [2.75, 3.05) is 5.32 Å². The molecule has 2 heterocycles. The molecule has 0 fully saturated rings. The van der Waals surface area contributed by atoms with Crippen molar-refractivity contribution in [2.24, 2.45) is 0 Å². The van der Waals surface area contributed by atoms with E-state index in [1.807, 2.05) is 0 Å². The highest BCUT2D eigenvalue weighted by Gasteiger charge is 2.30. The molecule has 0 spiro atoms. The number of thiophene rings is 1. The Hall–Kier alpha value is -2.75. The number of nitrogens with zero attached hydrogens (tertiary/aromatic N) is 2. The summed E-state index contributed by atoms with van der Waals surface area (Å²) in [5, 5.41) is 19.9. The van der Waals surface area contributed by atoms with Crippen molar-refractivity contribution in [3.63, 3.8) is 0 Å². The highest BCUT2D eigenvalue weighted by Crippen LogP contribution is 2.39. The second-order valence-electron chi connectivity index (χ2n) is 6.21. The molecule has 3 rings (SSSR count). The van der Waals surface area contributed by atoms with E-state index in [1.54, 1.807) is 13.8 Å². The largest absolute Gasteiger partial charge is 0.459 e. The van der Waals surface area contributed by atoms with Gasteiger partial charge in [0.15, 0.2) is 0 Å². The molecule has 0 saturated carbocycles. The number of carbonyl (C=O) groups is 2. The van der Waals surface area contributed by atoms with Gasteiger partial charge in [0.05, 0.1) is 16.6 Å². The van der Waals surface area contributed by atoms with E-state index in [-0.39, 0.29) is 11.8 Å². The lowest BCUT2D eigenvalue weighted by atomic mass is 9.95. The van der Waals surface area contributed by atoms with Crippen LogP contribution >= 0.6 is 11.3 Å². The summed E-state index contributed by atoms with van der Waals surface area (Å²) in [7, 11) is 0. The molecule has 0 atom stereocenters. The summed E-state index contributed by atoms with van der Waals surface area (Å²) in [6.45, 7) is 3.51. The average molecular weight is 378 g/mol. The SMILES string of the molecule is CC(C)OC(=O)c1c(NC(=O)c2[nH]ncc2[N+](=O)[O-])sc2c1CCCC2. The number of aromatic amines is 1. The van der Waals surface area contributed by atoms with Gasteiger partial charge in [-0.2, -0.15) is 5.10 Å². The molecule has 10 heteroatoms. The van der Waals surface area contributed by atoms with Crippen LogP contribution < -0.4 is 5.32 Å². The summed E-state index contributed by atoms with van der Waals surface area (Å²) in [5.41, 5.74) is 0.579. The maximum atomic E-state index is 12.6. The Morgan fingerprint density at radius 1 is 1.38 bits per heavy atom. The van der Waals surface area contributed by atoms with Crippen molar-refractivity contribution in [1.82, 2.24) is 10.2 Å². The van der Waals surface area contributed by atoms with Crippen molar-refractivity contribution in [1.29, 1.82) is 0 Å². The fourth-order valence-electron chi connectivity index (χ4n) is 2.89. The van der Waals surface area contributed by atoms with Crippen LogP contribution in [0.4, 0.5) is 10.7 Å². The Morgan fingerprint density at radius 3 is 2.81 bits per heavy atom. The summed E-state index contributed by atoms with van der Waals surface area (Å²) in [4.78, 5) is 36.4. The number of nitrogens with one attached hydrogen (secondary N) is 2. The molecule has 2 N–H and O–H groups in total. The number of anilines is 1. The quantitative estimate of drug-likeness (QED) is 0.467. The zero-order valence-corrected chi connectivity index (χ0v) is 15.1. The molecule has 1 amide bonds. The number of aryl methyl sites for hydroxylation is 1. The van der Waals surface area contributed by atoms with E-state index in [0.717, 1.165) is 42.3 Å². The minimum absolute atomic E-state index is 0.260. The van der Waals surface area contributed by atoms with E-state index in [0.29, 0.717) is 10.6 Å². The van der Waals surface area contributed by atoms with Crippen molar-refractivity contribution < 1.29 is 19.2 Å². The highest BCUT2D eigenvalue weighted by atomic mass is 32.1. The summed E-state index contributed by atoms with van der Waals surface area (Å²) >= 11 is 1.32. The Balaban J connectivity index is 1.95. The molecule has 138 valence electrons. The number of hydrogen-bond donors (Lipinski definition) is 2. The van der Waals surface area contributed by atoms with Crippen LogP contribution in [0.3, 0.4) is 0 Å². The van der Waals surface area contributed by atoms with E-state index in [2.05, 4.69) is 15.5 Å². The van der Waals surface area contributed by atoms with Crippen molar-refractivity contribution in [3.05, 3.63) is 38.0 Å². The van der Waals surface area contributed by atoms with Gasteiger partial charge in [-0.05, 0) is 45.1 Å². The summed E-state index contributed by atoms with van der Waals surface area (Å²) in [5.74, 6) is -1.21. The lowest BCUT2D eigenvalue weighted by molar-refractivity contribution is -0.385. The second kappa shape index (κ2) is 7.24. The molecule has 26 heavy (non-hydrogen) atoms. The van der Waals surface area contributed by atoms with Gasteiger partial charge in [-0.3, -0.25) is 20.0 Å². The fourth-order valence-corrected chi connectivity index (χ4v) is 4.17. The van der Waals surface area contributed by atoms with Crippen molar-refractivity contribution in [2.45, 2.75) is 45.6 Å². The molecule has 2 aromatic rings. The maximum absolute atomic E-state index is 12.6. The number of amides is 1. The normalized spacial score (nSPS) is 13.3. The minimum Gasteiger partial charge on any atom is -0.459 e. The number of hydrogen-bond acceptors (Lipinski definition) is 7. The highest BCUT2D eigenvalue weighted by molar-refractivity contribution is 7.17. The minimum atomic E-state index is -0.716. The van der Waals surface area contributed by atoms with Crippen LogP contribution in [0, 0.1) is 10.1 Å². The average Bonchev–Trinajstić information content (AvgIpc) is 3.18. The number of esters is 1. The van der Waals surface area contributed by atoms with E-state index >= 15 is 0 Å². The Kier molecular flexibility index (Phi) is 5.03. The lowest BCUT2D eigenvalue weighted by Crippen LogP contribution is -2.18. The van der Waals surface area contributed by atoms with Gasteiger partial charge in [0, 0.05) is 4.88 Å². The fraction of sp³-hybridized carbons (Fsp3) is 0.438. The van der Waals surface area contributed by atoms with Crippen LogP contribution in [0.2, 0.25) is 0 Å². The van der Waals surface area contributed by atoms with Crippen molar-refractivity contribution >= 4 is 33.9 Å². The second-order valence-corrected chi connectivity index (χ2v) is 7.32. The number of H-pyrrole nitrogens is 1. The summed E-state index contributed by atoms with van der Waals surface area (Å²) in [6, 6.07) is 0. The molecule has 0 unspecified atom stereocenters. The van der Waals surface area contributed by atoms with Gasteiger partial charge in [0.2, 0.25) is 5.69 Å². The van der Waals surface area contributed by atoms with Crippen molar-refractivity contribution in [3.8, 4) is 0 Å².